The van der Waals surface area contributed by atoms with E-state index in [2.05, 4.69) is 5.32 Å². The van der Waals surface area contributed by atoms with Crippen LogP contribution in [0.4, 0.5) is 8.78 Å². The summed E-state index contributed by atoms with van der Waals surface area (Å²) in [6, 6.07) is 10.4. The maximum Gasteiger partial charge on any atom is 0.242 e. The third-order valence-electron chi connectivity index (χ3n) is 5.70. The van der Waals surface area contributed by atoms with Crippen molar-refractivity contribution in [3.8, 4) is 0 Å². The lowest BCUT2D eigenvalue weighted by molar-refractivity contribution is -0.136. The van der Waals surface area contributed by atoms with Crippen LogP contribution in [0.2, 0.25) is 0 Å². The first-order valence-corrected chi connectivity index (χ1v) is 10.6. The van der Waals surface area contributed by atoms with Crippen LogP contribution in [-0.2, 0) is 15.2 Å². The van der Waals surface area contributed by atoms with E-state index in [-0.39, 0.29) is 12.3 Å². The molecule has 1 atom stereocenters. The SMILES string of the molecule is NC(=O)/C=C\NCCCC(=O)N1CCC[C@H]1C(O)(c1ccc(F)cc1)c1ccc(F)cc1. The Hall–Kier alpha value is -3.26. The van der Waals surface area contributed by atoms with E-state index < -0.39 is 29.2 Å². The third-order valence-corrected chi connectivity index (χ3v) is 5.70. The first-order chi connectivity index (χ1) is 15.3. The van der Waals surface area contributed by atoms with Gasteiger partial charge in [-0.3, -0.25) is 9.59 Å². The molecule has 2 aromatic rings. The summed E-state index contributed by atoms with van der Waals surface area (Å²) in [4.78, 5) is 25.3. The smallest absolute Gasteiger partial charge is 0.242 e. The molecule has 0 unspecified atom stereocenters. The van der Waals surface area contributed by atoms with E-state index in [0.29, 0.717) is 43.5 Å². The molecule has 4 N–H and O–H groups in total. The number of nitrogens with one attached hydrogen (secondary N) is 1. The fourth-order valence-electron chi connectivity index (χ4n) is 4.17. The number of amides is 2. The first kappa shape index (κ1) is 23.4. The summed E-state index contributed by atoms with van der Waals surface area (Å²) in [6.07, 6.45) is 4.67. The number of carbonyl (C=O) groups excluding carboxylic acids is 2. The highest BCUT2D eigenvalue weighted by molar-refractivity contribution is 5.85. The standard InChI is InChI=1S/C24H27F2N3O3/c25-19-9-5-17(6-10-19)24(32,18-7-11-20(26)12-8-18)21-3-2-16-29(21)23(31)4-1-14-28-15-13-22(27)30/h5-13,15,21,28,32H,1-4,14,16H2,(H2,27,30)/b15-13-/t21-/m0/s1. The van der Waals surface area contributed by atoms with Gasteiger partial charge in [0.05, 0.1) is 6.04 Å². The van der Waals surface area contributed by atoms with Gasteiger partial charge < -0.3 is 21.1 Å². The Labute approximate surface area is 185 Å². The lowest BCUT2D eigenvalue weighted by Gasteiger charge is -2.40. The summed E-state index contributed by atoms with van der Waals surface area (Å²) in [7, 11) is 0. The zero-order valence-electron chi connectivity index (χ0n) is 17.6. The quantitative estimate of drug-likeness (QED) is 0.410. The highest BCUT2D eigenvalue weighted by Gasteiger charge is 2.46. The van der Waals surface area contributed by atoms with Gasteiger partial charge >= 0.3 is 0 Å². The molecule has 32 heavy (non-hydrogen) atoms. The maximum absolute atomic E-state index is 13.6. The van der Waals surface area contributed by atoms with Crippen molar-refractivity contribution < 1.29 is 23.5 Å². The number of primary amides is 1. The second-order valence-corrected chi connectivity index (χ2v) is 7.82. The Morgan fingerprint density at radius 2 is 1.66 bits per heavy atom. The van der Waals surface area contributed by atoms with Gasteiger partial charge in [0, 0.05) is 31.8 Å². The molecule has 1 saturated heterocycles. The van der Waals surface area contributed by atoms with Crippen molar-refractivity contribution in [2.45, 2.75) is 37.3 Å². The second-order valence-electron chi connectivity index (χ2n) is 7.82. The Morgan fingerprint density at radius 1 is 1.09 bits per heavy atom. The van der Waals surface area contributed by atoms with Crippen LogP contribution in [0, 0.1) is 11.6 Å². The van der Waals surface area contributed by atoms with Crippen LogP contribution in [-0.4, -0.2) is 41.0 Å². The molecule has 3 rings (SSSR count). The van der Waals surface area contributed by atoms with Crippen molar-refractivity contribution in [2.75, 3.05) is 13.1 Å². The fourth-order valence-corrected chi connectivity index (χ4v) is 4.17. The molecule has 1 heterocycles. The molecule has 0 bridgehead atoms. The summed E-state index contributed by atoms with van der Waals surface area (Å²) in [5.74, 6) is -1.55. The van der Waals surface area contributed by atoms with Crippen LogP contribution in [0.3, 0.4) is 0 Å². The van der Waals surface area contributed by atoms with E-state index in [0.717, 1.165) is 0 Å². The van der Waals surface area contributed by atoms with Gasteiger partial charge in [0.15, 0.2) is 0 Å². The van der Waals surface area contributed by atoms with Gasteiger partial charge in [-0.05, 0) is 54.7 Å². The maximum atomic E-state index is 13.6. The molecule has 170 valence electrons. The van der Waals surface area contributed by atoms with Crippen molar-refractivity contribution in [2.24, 2.45) is 5.73 Å². The van der Waals surface area contributed by atoms with Gasteiger partial charge in [-0.1, -0.05) is 24.3 Å². The highest BCUT2D eigenvalue weighted by Crippen LogP contribution is 2.40. The van der Waals surface area contributed by atoms with Crippen LogP contribution < -0.4 is 11.1 Å². The average Bonchev–Trinajstić information content (AvgIpc) is 3.27. The van der Waals surface area contributed by atoms with E-state index in [1.54, 1.807) is 4.90 Å². The van der Waals surface area contributed by atoms with E-state index >= 15 is 0 Å². The van der Waals surface area contributed by atoms with Crippen LogP contribution >= 0.6 is 0 Å². The predicted octanol–water partition coefficient (Wildman–Crippen LogP) is 2.56. The number of nitrogens with zero attached hydrogens (tertiary/aromatic N) is 1. The molecule has 2 amide bonds. The summed E-state index contributed by atoms with van der Waals surface area (Å²) in [5.41, 5.74) is 4.28. The predicted molar refractivity (Wildman–Crippen MR) is 116 cm³/mol. The van der Waals surface area contributed by atoms with Crippen molar-refractivity contribution in [3.05, 3.63) is 83.6 Å². The Kier molecular flexibility index (Phi) is 7.58. The minimum absolute atomic E-state index is 0.115. The van der Waals surface area contributed by atoms with Crippen LogP contribution in [0.25, 0.3) is 0 Å². The lowest BCUT2D eigenvalue weighted by Crippen LogP contribution is -2.50. The molecule has 2 aromatic carbocycles. The lowest BCUT2D eigenvalue weighted by atomic mass is 9.79. The monoisotopic (exact) mass is 443 g/mol. The molecule has 1 aliphatic rings. The summed E-state index contributed by atoms with van der Waals surface area (Å²) in [6.45, 7) is 0.970. The molecule has 0 aliphatic carbocycles. The zero-order chi connectivity index (χ0) is 23.1. The number of likely N-dealkylation sites (tertiary alicyclic amines) is 1. The second kappa shape index (κ2) is 10.4. The molecule has 0 radical (unpaired) electrons. The molecule has 1 aliphatic heterocycles. The molecule has 6 nitrogen and oxygen atoms in total. The number of carbonyl (C=O) groups is 2. The summed E-state index contributed by atoms with van der Waals surface area (Å²) >= 11 is 0. The minimum atomic E-state index is -1.62. The molecular weight excluding hydrogens is 416 g/mol. The number of halogens is 2. The topological polar surface area (TPSA) is 95.7 Å². The number of aliphatic hydroxyl groups is 1. The van der Waals surface area contributed by atoms with Gasteiger partial charge in [-0.2, -0.15) is 0 Å². The summed E-state index contributed by atoms with van der Waals surface area (Å²) < 4.78 is 27.1. The van der Waals surface area contributed by atoms with Crippen molar-refractivity contribution in [1.82, 2.24) is 10.2 Å². The summed E-state index contributed by atoms with van der Waals surface area (Å²) in [5, 5.41) is 14.8. The van der Waals surface area contributed by atoms with Gasteiger partial charge in [-0.25, -0.2) is 8.78 Å². The Bertz CT molecular complexity index is 916. The van der Waals surface area contributed by atoms with Crippen LogP contribution in [0.1, 0.15) is 36.8 Å². The molecule has 1 fully saturated rings. The number of hydrogen-bond acceptors (Lipinski definition) is 4. The van der Waals surface area contributed by atoms with E-state index in [4.69, 9.17) is 5.73 Å². The van der Waals surface area contributed by atoms with Gasteiger partial charge in [0.25, 0.3) is 0 Å². The molecular formula is C24H27F2N3O3. The fraction of sp³-hybridized carbons (Fsp3) is 0.333. The number of benzene rings is 2. The number of rotatable bonds is 9. The molecule has 0 aromatic heterocycles. The first-order valence-electron chi connectivity index (χ1n) is 10.6. The van der Waals surface area contributed by atoms with Crippen molar-refractivity contribution >= 4 is 11.8 Å². The van der Waals surface area contributed by atoms with E-state index in [9.17, 15) is 23.5 Å². The largest absolute Gasteiger partial charge is 0.391 e. The zero-order valence-corrected chi connectivity index (χ0v) is 17.6. The number of hydrogen-bond donors (Lipinski definition) is 3. The highest BCUT2D eigenvalue weighted by atomic mass is 19.1. The Balaban J connectivity index is 1.81. The van der Waals surface area contributed by atoms with Crippen molar-refractivity contribution in [1.29, 1.82) is 0 Å². The minimum Gasteiger partial charge on any atom is -0.391 e. The van der Waals surface area contributed by atoms with E-state index in [1.807, 2.05) is 0 Å². The number of nitrogens with two attached hydrogens (primary N) is 1. The van der Waals surface area contributed by atoms with Gasteiger partial charge in [0.1, 0.15) is 17.2 Å². The van der Waals surface area contributed by atoms with Crippen LogP contribution in [0.5, 0.6) is 0 Å². The third kappa shape index (κ3) is 5.31. The van der Waals surface area contributed by atoms with E-state index in [1.165, 1.54) is 60.8 Å². The van der Waals surface area contributed by atoms with Crippen LogP contribution in [0.15, 0.2) is 60.8 Å². The van der Waals surface area contributed by atoms with Crippen molar-refractivity contribution in [3.63, 3.8) is 0 Å². The normalized spacial score (nSPS) is 16.5. The molecule has 0 spiro atoms. The Morgan fingerprint density at radius 3 is 2.19 bits per heavy atom. The molecule has 8 heteroatoms. The molecule has 0 saturated carbocycles. The van der Waals surface area contributed by atoms with Gasteiger partial charge in [-0.15, -0.1) is 0 Å². The average molecular weight is 443 g/mol. The van der Waals surface area contributed by atoms with Gasteiger partial charge in [0.2, 0.25) is 11.8 Å².